The van der Waals surface area contributed by atoms with Crippen molar-refractivity contribution in [3.8, 4) is 5.75 Å². The Morgan fingerprint density at radius 2 is 2.21 bits per heavy atom. The van der Waals surface area contributed by atoms with Gasteiger partial charge in [-0.05, 0) is 61.9 Å². The number of fused-ring (bicyclic) bond motifs is 1. The summed E-state index contributed by atoms with van der Waals surface area (Å²) < 4.78 is 6.49. The number of amides is 2. The number of carbonyl (C=O) groups is 2. The lowest BCUT2D eigenvalue weighted by molar-refractivity contribution is -0.111. The second kappa shape index (κ2) is 8.92. The van der Waals surface area contributed by atoms with Crippen molar-refractivity contribution in [1.29, 1.82) is 0 Å². The Kier molecular flexibility index (Phi) is 6.57. The Hall–Kier alpha value is -2.12. The number of primary amides is 1. The largest absolute Gasteiger partial charge is 0.493 e. The third-order valence-electron chi connectivity index (χ3n) is 4.68. The average molecular weight is 463 g/mol. The molecule has 3 rings (SSSR count). The first-order valence-corrected chi connectivity index (χ1v) is 10.9. The summed E-state index contributed by atoms with van der Waals surface area (Å²) in [6, 6.07) is 5.62. The van der Waals surface area contributed by atoms with Crippen LogP contribution in [0.2, 0.25) is 0 Å². The number of halogens is 1. The lowest BCUT2D eigenvalue weighted by Gasteiger charge is -2.18. The molecular formula is C21H23BrN2O3S. The summed E-state index contributed by atoms with van der Waals surface area (Å²) >= 11 is 4.89. The fraction of sp³-hybridized carbons (Fsp3) is 0.333. The molecule has 0 spiro atoms. The van der Waals surface area contributed by atoms with Crippen molar-refractivity contribution in [2.45, 2.75) is 33.1 Å². The van der Waals surface area contributed by atoms with E-state index >= 15 is 0 Å². The highest BCUT2D eigenvalue weighted by atomic mass is 79.9. The van der Waals surface area contributed by atoms with Crippen molar-refractivity contribution in [3.63, 3.8) is 0 Å². The van der Waals surface area contributed by atoms with Crippen LogP contribution >= 0.6 is 27.3 Å². The number of hydrogen-bond acceptors (Lipinski definition) is 4. The Morgan fingerprint density at radius 3 is 2.93 bits per heavy atom. The zero-order valence-corrected chi connectivity index (χ0v) is 18.3. The predicted octanol–water partition coefficient (Wildman–Crippen LogP) is 4.78. The quantitative estimate of drug-likeness (QED) is 0.605. The zero-order chi connectivity index (χ0) is 20.3. The third-order valence-corrected chi connectivity index (χ3v) is 6.34. The number of anilines is 1. The van der Waals surface area contributed by atoms with E-state index in [1.807, 2.05) is 25.1 Å². The fourth-order valence-corrected chi connectivity index (χ4v) is 5.15. The zero-order valence-electron chi connectivity index (χ0n) is 15.9. The number of nitrogens with one attached hydrogen (secondary N) is 1. The van der Waals surface area contributed by atoms with Crippen molar-refractivity contribution in [1.82, 2.24) is 0 Å². The van der Waals surface area contributed by atoms with Gasteiger partial charge in [0.2, 0.25) is 5.91 Å². The fourth-order valence-electron chi connectivity index (χ4n) is 3.36. The minimum absolute atomic E-state index is 0.309. The van der Waals surface area contributed by atoms with Gasteiger partial charge in [-0.3, -0.25) is 9.59 Å². The van der Waals surface area contributed by atoms with Crippen molar-refractivity contribution < 1.29 is 14.3 Å². The average Bonchev–Trinajstić information content (AvgIpc) is 2.98. The minimum atomic E-state index is -0.489. The first-order valence-electron chi connectivity index (χ1n) is 9.24. The third kappa shape index (κ3) is 4.64. The lowest BCUT2D eigenvalue weighted by atomic mass is 9.88. The van der Waals surface area contributed by atoms with Crippen LogP contribution in [0.1, 0.15) is 46.6 Å². The normalized spacial score (nSPS) is 16.0. The maximum Gasteiger partial charge on any atom is 0.251 e. The van der Waals surface area contributed by atoms with E-state index in [1.54, 1.807) is 6.08 Å². The highest BCUT2D eigenvalue weighted by Gasteiger charge is 2.26. The smallest absolute Gasteiger partial charge is 0.251 e. The van der Waals surface area contributed by atoms with Crippen LogP contribution in [0.15, 0.2) is 28.7 Å². The van der Waals surface area contributed by atoms with Gasteiger partial charge in [0, 0.05) is 21.0 Å². The maximum atomic E-state index is 12.5. The molecule has 148 valence electrons. The topological polar surface area (TPSA) is 81.4 Å². The van der Waals surface area contributed by atoms with Crippen molar-refractivity contribution in [3.05, 3.63) is 50.3 Å². The summed E-state index contributed by atoms with van der Waals surface area (Å²) in [4.78, 5) is 25.6. The molecule has 1 atom stereocenters. The van der Waals surface area contributed by atoms with Crippen LogP contribution in [0.4, 0.5) is 5.00 Å². The molecule has 0 saturated carbocycles. The van der Waals surface area contributed by atoms with Gasteiger partial charge in [0.25, 0.3) is 5.91 Å². The van der Waals surface area contributed by atoms with Gasteiger partial charge < -0.3 is 15.8 Å². The molecule has 1 aromatic heterocycles. The Morgan fingerprint density at radius 1 is 1.43 bits per heavy atom. The molecule has 1 aliphatic carbocycles. The van der Waals surface area contributed by atoms with E-state index in [0.29, 0.717) is 28.8 Å². The molecule has 3 N–H and O–H groups in total. The van der Waals surface area contributed by atoms with Crippen LogP contribution in [0.25, 0.3) is 6.08 Å². The lowest BCUT2D eigenvalue weighted by Crippen LogP contribution is -2.18. The second-order valence-corrected chi connectivity index (χ2v) is 8.88. The molecule has 0 saturated heterocycles. The van der Waals surface area contributed by atoms with Gasteiger partial charge in [-0.1, -0.05) is 22.9 Å². The number of benzene rings is 1. The summed E-state index contributed by atoms with van der Waals surface area (Å²) in [6.07, 6.45) is 5.91. The molecule has 1 aliphatic rings. The monoisotopic (exact) mass is 462 g/mol. The summed E-state index contributed by atoms with van der Waals surface area (Å²) in [5.74, 6) is 0.477. The first kappa shape index (κ1) is 20.6. The van der Waals surface area contributed by atoms with Gasteiger partial charge in [-0.2, -0.15) is 0 Å². The summed E-state index contributed by atoms with van der Waals surface area (Å²) in [7, 11) is 0. The molecule has 0 bridgehead atoms. The number of carbonyl (C=O) groups excluding carboxylic acids is 2. The number of thiophene rings is 1. The number of nitrogens with two attached hydrogens (primary N) is 1. The van der Waals surface area contributed by atoms with Crippen molar-refractivity contribution >= 4 is 50.2 Å². The molecule has 0 fully saturated rings. The Labute approximate surface area is 177 Å². The van der Waals surface area contributed by atoms with E-state index in [-0.39, 0.29) is 5.91 Å². The summed E-state index contributed by atoms with van der Waals surface area (Å²) in [5, 5.41) is 3.38. The number of rotatable bonds is 6. The number of hydrogen-bond donors (Lipinski definition) is 2. The van der Waals surface area contributed by atoms with Gasteiger partial charge in [0.05, 0.1) is 12.2 Å². The molecule has 28 heavy (non-hydrogen) atoms. The number of ether oxygens (including phenoxy) is 1. The van der Waals surface area contributed by atoms with Crippen molar-refractivity contribution in [2.24, 2.45) is 11.7 Å². The standard InChI is InChI=1S/C21H23BrN2O3S/c1-3-27-16-8-6-14(22)11-13(16)5-9-18(25)24-21-19(20(23)26)15-7-4-12(2)10-17(15)28-21/h5-6,8-9,11-12H,3-4,7,10H2,1-2H3,(H2,23,26)(H,24,25)/b9-5+. The van der Waals surface area contributed by atoms with E-state index in [2.05, 4.69) is 28.2 Å². The van der Waals surface area contributed by atoms with Gasteiger partial charge in [0.1, 0.15) is 10.8 Å². The maximum absolute atomic E-state index is 12.5. The molecule has 0 aliphatic heterocycles. The molecular weight excluding hydrogens is 440 g/mol. The van der Waals surface area contributed by atoms with Gasteiger partial charge >= 0.3 is 0 Å². The Bertz CT molecular complexity index is 936. The Balaban J connectivity index is 1.82. The van der Waals surface area contributed by atoms with E-state index < -0.39 is 5.91 Å². The molecule has 2 aromatic rings. The van der Waals surface area contributed by atoms with E-state index in [9.17, 15) is 9.59 Å². The summed E-state index contributed by atoms with van der Waals surface area (Å²) in [5.41, 5.74) is 7.86. The van der Waals surface area contributed by atoms with Gasteiger partial charge in [-0.25, -0.2) is 0 Å². The first-order chi connectivity index (χ1) is 13.4. The summed E-state index contributed by atoms with van der Waals surface area (Å²) in [6.45, 7) is 4.64. The molecule has 1 aromatic carbocycles. The van der Waals surface area contributed by atoms with Crippen LogP contribution in [0, 0.1) is 5.92 Å². The molecule has 7 heteroatoms. The highest BCUT2D eigenvalue weighted by molar-refractivity contribution is 9.10. The molecule has 1 unspecified atom stereocenters. The van der Waals surface area contributed by atoms with Crippen LogP contribution < -0.4 is 15.8 Å². The molecule has 5 nitrogen and oxygen atoms in total. The van der Waals surface area contributed by atoms with Crippen molar-refractivity contribution in [2.75, 3.05) is 11.9 Å². The van der Waals surface area contributed by atoms with E-state index in [0.717, 1.165) is 39.7 Å². The molecule has 0 radical (unpaired) electrons. The van der Waals surface area contributed by atoms with Crippen LogP contribution in [0.5, 0.6) is 5.75 Å². The van der Waals surface area contributed by atoms with E-state index in [4.69, 9.17) is 10.5 Å². The predicted molar refractivity (Wildman–Crippen MR) is 117 cm³/mol. The van der Waals surface area contributed by atoms with Crippen LogP contribution in [-0.4, -0.2) is 18.4 Å². The minimum Gasteiger partial charge on any atom is -0.493 e. The highest BCUT2D eigenvalue weighted by Crippen LogP contribution is 2.39. The second-order valence-electron chi connectivity index (χ2n) is 6.86. The van der Waals surface area contributed by atoms with Crippen LogP contribution in [0.3, 0.4) is 0 Å². The van der Waals surface area contributed by atoms with E-state index in [1.165, 1.54) is 17.4 Å². The molecule has 2 amide bonds. The van der Waals surface area contributed by atoms with Crippen LogP contribution in [-0.2, 0) is 17.6 Å². The van der Waals surface area contributed by atoms with Gasteiger partial charge in [-0.15, -0.1) is 11.3 Å². The SMILES string of the molecule is CCOc1ccc(Br)cc1/C=C/C(=O)Nc1sc2c(c1C(N)=O)CCC(C)C2. The molecule has 1 heterocycles. The van der Waals surface area contributed by atoms with Gasteiger partial charge in [0.15, 0.2) is 0 Å².